The molecule has 0 spiro atoms. The third-order valence-corrected chi connectivity index (χ3v) is 3.76. The lowest BCUT2D eigenvalue weighted by molar-refractivity contribution is 0.468. The number of nitrogens with zero attached hydrogens (tertiary/aromatic N) is 1. The molecule has 17 heavy (non-hydrogen) atoms. The Morgan fingerprint density at radius 1 is 1.35 bits per heavy atom. The highest BCUT2D eigenvalue weighted by Crippen LogP contribution is 2.27. The average Bonchev–Trinajstić information content (AvgIpc) is 2.38. The van der Waals surface area contributed by atoms with Gasteiger partial charge in [0.1, 0.15) is 0 Å². The first-order valence-electron chi connectivity index (χ1n) is 6.82. The topological polar surface area (TPSA) is 15.3 Å². The van der Waals surface area contributed by atoms with Gasteiger partial charge in [-0.25, -0.2) is 0 Å². The second kappa shape index (κ2) is 6.06. The van der Waals surface area contributed by atoms with Crippen molar-refractivity contribution in [3.05, 3.63) is 29.8 Å². The van der Waals surface area contributed by atoms with Crippen molar-refractivity contribution in [1.82, 2.24) is 5.32 Å². The lowest BCUT2D eigenvalue weighted by Crippen LogP contribution is -2.36. The van der Waals surface area contributed by atoms with Crippen molar-refractivity contribution in [2.75, 3.05) is 31.6 Å². The second-order valence-corrected chi connectivity index (χ2v) is 5.01. The third kappa shape index (κ3) is 3.01. The Morgan fingerprint density at radius 3 is 2.94 bits per heavy atom. The molecule has 1 heterocycles. The summed E-state index contributed by atoms with van der Waals surface area (Å²) in [4.78, 5) is 2.57. The number of aryl methyl sites for hydroxylation is 1. The molecule has 0 aliphatic carbocycles. The van der Waals surface area contributed by atoms with Crippen LogP contribution in [0.25, 0.3) is 0 Å². The number of hydrogen-bond donors (Lipinski definition) is 1. The summed E-state index contributed by atoms with van der Waals surface area (Å²) < 4.78 is 0. The molecule has 0 radical (unpaired) electrons. The monoisotopic (exact) mass is 232 g/mol. The third-order valence-electron chi connectivity index (χ3n) is 3.76. The van der Waals surface area contributed by atoms with Crippen molar-refractivity contribution < 1.29 is 0 Å². The number of rotatable bonds is 5. The molecule has 2 heteroatoms. The number of hydrogen-bond acceptors (Lipinski definition) is 2. The van der Waals surface area contributed by atoms with E-state index in [1.807, 2.05) is 7.05 Å². The van der Waals surface area contributed by atoms with Crippen LogP contribution in [0.3, 0.4) is 0 Å². The van der Waals surface area contributed by atoms with Gasteiger partial charge in [-0.15, -0.1) is 0 Å². The van der Waals surface area contributed by atoms with E-state index in [9.17, 15) is 0 Å². The van der Waals surface area contributed by atoms with E-state index >= 15 is 0 Å². The highest BCUT2D eigenvalue weighted by atomic mass is 15.1. The van der Waals surface area contributed by atoms with Crippen molar-refractivity contribution in [2.45, 2.75) is 26.2 Å². The molecule has 1 aliphatic heterocycles. The van der Waals surface area contributed by atoms with Crippen LogP contribution < -0.4 is 10.2 Å². The minimum absolute atomic E-state index is 0.756. The van der Waals surface area contributed by atoms with Crippen LogP contribution in [0.15, 0.2) is 24.3 Å². The zero-order valence-electron chi connectivity index (χ0n) is 11.1. The Bertz CT molecular complexity index is 349. The molecule has 0 saturated carbocycles. The molecule has 1 aliphatic rings. The minimum Gasteiger partial charge on any atom is -0.371 e. The highest BCUT2D eigenvalue weighted by molar-refractivity contribution is 5.55. The van der Waals surface area contributed by atoms with Gasteiger partial charge in [0.15, 0.2) is 0 Å². The first-order valence-corrected chi connectivity index (χ1v) is 6.82. The zero-order chi connectivity index (χ0) is 12.1. The van der Waals surface area contributed by atoms with Crippen molar-refractivity contribution in [3.63, 3.8) is 0 Å². The summed E-state index contributed by atoms with van der Waals surface area (Å²) in [5, 5.41) is 3.31. The summed E-state index contributed by atoms with van der Waals surface area (Å²) in [5.74, 6) is 0.756. The van der Waals surface area contributed by atoms with Crippen LogP contribution in [0.2, 0.25) is 0 Å². The SMILES string of the molecule is CCC(CNC)CN1CCCc2ccccc21. The van der Waals surface area contributed by atoms with Gasteiger partial charge in [-0.05, 0) is 44.0 Å². The lowest BCUT2D eigenvalue weighted by atomic mass is 9.99. The van der Waals surface area contributed by atoms with Gasteiger partial charge in [0.05, 0.1) is 0 Å². The molecule has 0 fully saturated rings. The van der Waals surface area contributed by atoms with E-state index in [1.54, 1.807) is 0 Å². The van der Waals surface area contributed by atoms with E-state index in [4.69, 9.17) is 0 Å². The molecule has 2 rings (SSSR count). The highest BCUT2D eigenvalue weighted by Gasteiger charge is 2.18. The number of fused-ring (bicyclic) bond motifs is 1. The first kappa shape index (κ1) is 12.4. The molecule has 1 aromatic rings. The predicted molar refractivity (Wildman–Crippen MR) is 74.7 cm³/mol. The van der Waals surface area contributed by atoms with Gasteiger partial charge >= 0.3 is 0 Å². The van der Waals surface area contributed by atoms with Gasteiger partial charge in [-0.2, -0.15) is 0 Å². The Morgan fingerprint density at radius 2 is 2.18 bits per heavy atom. The number of para-hydroxylation sites is 1. The molecule has 94 valence electrons. The largest absolute Gasteiger partial charge is 0.371 e. The maximum Gasteiger partial charge on any atom is 0.0398 e. The normalized spacial score (nSPS) is 16.7. The van der Waals surface area contributed by atoms with Crippen molar-refractivity contribution in [3.8, 4) is 0 Å². The Kier molecular flexibility index (Phi) is 4.43. The van der Waals surface area contributed by atoms with Crippen LogP contribution in [0, 0.1) is 5.92 Å². The lowest BCUT2D eigenvalue weighted by Gasteiger charge is -2.34. The van der Waals surface area contributed by atoms with E-state index < -0.39 is 0 Å². The molecule has 0 bridgehead atoms. The van der Waals surface area contributed by atoms with Gasteiger partial charge in [0.2, 0.25) is 0 Å². The predicted octanol–water partition coefficient (Wildman–Crippen LogP) is 2.68. The molecular formula is C15H24N2. The van der Waals surface area contributed by atoms with Crippen LogP contribution in [-0.2, 0) is 6.42 Å². The Hall–Kier alpha value is -1.02. The van der Waals surface area contributed by atoms with E-state index in [0.29, 0.717) is 0 Å². The summed E-state index contributed by atoms with van der Waals surface area (Å²) in [5.41, 5.74) is 2.99. The number of anilines is 1. The van der Waals surface area contributed by atoms with E-state index in [2.05, 4.69) is 41.4 Å². The maximum absolute atomic E-state index is 3.31. The summed E-state index contributed by atoms with van der Waals surface area (Å²) in [6, 6.07) is 8.88. The number of benzene rings is 1. The van der Waals surface area contributed by atoms with Crippen LogP contribution in [0.1, 0.15) is 25.3 Å². The van der Waals surface area contributed by atoms with Gasteiger partial charge in [-0.3, -0.25) is 0 Å². The summed E-state index contributed by atoms with van der Waals surface area (Å²) in [6.07, 6.45) is 3.79. The van der Waals surface area contributed by atoms with Crippen LogP contribution >= 0.6 is 0 Å². The van der Waals surface area contributed by atoms with E-state index in [-0.39, 0.29) is 0 Å². The van der Waals surface area contributed by atoms with Gasteiger partial charge in [0.25, 0.3) is 0 Å². The van der Waals surface area contributed by atoms with Gasteiger partial charge in [-0.1, -0.05) is 31.5 Å². The molecule has 1 unspecified atom stereocenters. The van der Waals surface area contributed by atoms with Gasteiger partial charge < -0.3 is 10.2 Å². The van der Waals surface area contributed by atoms with Crippen molar-refractivity contribution in [2.24, 2.45) is 5.92 Å². The fourth-order valence-corrected chi connectivity index (χ4v) is 2.74. The second-order valence-electron chi connectivity index (χ2n) is 5.01. The molecule has 0 aromatic heterocycles. The fraction of sp³-hybridized carbons (Fsp3) is 0.600. The van der Waals surface area contributed by atoms with Crippen molar-refractivity contribution in [1.29, 1.82) is 0 Å². The van der Waals surface area contributed by atoms with Crippen LogP contribution in [0.5, 0.6) is 0 Å². The standard InChI is InChI=1S/C15H24N2/c1-3-13(11-16-2)12-17-10-6-8-14-7-4-5-9-15(14)17/h4-5,7,9,13,16H,3,6,8,10-12H2,1-2H3. The Balaban J connectivity index is 2.07. The van der Waals surface area contributed by atoms with Crippen LogP contribution in [0.4, 0.5) is 5.69 Å². The fourth-order valence-electron chi connectivity index (χ4n) is 2.74. The first-order chi connectivity index (χ1) is 8.35. The summed E-state index contributed by atoms with van der Waals surface area (Å²) >= 11 is 0. The average molecular weight is 232 g/mol. The zero-order valence-corrected chi connectivity index (χ0v) is 11.1. The van der Waals surface area contributed by atoms with E-state index in [1.165, 1.54) is 43.6 Å². The quantitative estimate of drug-likeness (QED) is 0.839. The number of nitrogens with one attached hydrogen (secondary N) is 1. The molecule has 2 nitrogen and oxygen atoms in total. The smallest absolute Gasteiger partial charge is 0.0398 e. The molecule has 1 aromatic carbocycles. The Labute approximate surface area is 105 Å². The summed E-state index contributed by atoms with van der Waals surface area (Å²) in [6.45, 7) is 5.82. The molecule has 1 atom stereocenters. The minimum atomic E-state index is 0.756. The molecule has 1 N–H and O–H groups in total. The van der Waals surface area contributed by atoms with Gasteiger partial charge in [0, 0.05) is 18.8 Å². The summed E-state index contributed by atoms with van der Waals surface area (Å²) in [7, 11) is 2.05. The molecular weight excluding hydrogens is 208 g/mol. The van der Waals surface area contributed by atoms with E-state index in [0.717, 1.165) is 12.5 Å². The van der Waals surface area contributed by atoms with Crippen LogP contribution in [-0.4, -0.2) is 26.7 Å². The van der Waals surface area contributed by atoms with Crippen molar-refractivity contribution >= 4 is 5.69 Å². The molecule has 0 saturated heterocycles. The maximum atomic E-state index is 3.31. The molecule has 0 amide bonds.